The monoisotopic (exact) mass is 944 g/mol. The molecule has 0 saturated heterocycles. The minimum atomic E-state index is 0. The third-order valence-electron chi connectivity index (χ3n) is 12.7. The zero-order valence-electron chi connectivity index (χ0n) is 36.6. The van der Waals surface area contributed by atoms with Crippen LogP contribution in [0.3, 0.4) is 0 Å². The summed E-state index contributed by atoms with van der Waals surface area (Å²) in [6.07, 6.45) is 16.6. The number of fused-ring (bicyclic) bond motifs is 2. The SMILES string of the molecule is C[Si](C)=[Zr+2].[Cl-].[Cl-].c1ccc(-c2ccc(-c3ccccc3)c3[cH-]c(CC4CCCCC4)cc23)cc1.c1ccc(-c2ccc(-c3ccccc3)c3[cH-]c(CC4CCCCC4)cc23)cc1. The van der Waals surface area contributed by atoms with Crippen LogP contribution in [0, 0.1) is 11.8 Å². The van der Waals surface area contributed by atoms with Crippen LogP contribution in [0.4, 0.5) is 0 Å². The van der Waals surface area contributed by atoms with E-state index in [9.17, 15) is 0 Å². The largest absolute Gasteiger partial charge is 1.00 e. The maximum absolute atomic E-state index is 2.47. The molecule has 316 valence electrons. The summed E-state index contributed by atoms with van der Waals surface area (Å²) in [7, 11) is 0. The van der Waals surface area contributed by atoms with Crippen LogP contribution >= 0.6 is 0 Å². The van der Waals surface area contributed by atoms with Crippen LogP contribution in [0.25, 0.3) is 66.1 Å². The smallest absolute Gasteiger partial charge is 0.0279 e. The fraction of sp³-hybridized carbons (Fsp3) is 0.276. The molecule has 8 aromatic carbocycles. The molecule has 2 fully saturated rings. The van der Waals surface area contributed by atoms with Gasteiger partial charge in [0.2, 0.25) is 0 Å². The third kappa shape index (κ3) is 12.3. The van der Waals surface area contributed by atoms with Gasteiger partial charge in [-0.25, -0.2) is 0 Å². The molecule has 0 aromatic heterocycles. The van der Waals surface area contributed by atoms with Crippen LogP contribution in [0.15, 0.2) is 170 Å². The van der Waals surface area contributed by atoms with Gasteiger partial charge in [0.15, 0.2) is 0 Å². The second kappa shape index (κ2) is 23.8. The maximum atomic E-state index is 2.47. The van der Waals surface area contributed by atoms with Crippen molar-refractivity contribution < 1.29 is 48.1 Å². The molecule has 0 amide bonds. The van der Waals surface area contributed by atoms with E-state index >= 15 is 0 Å². The van der Waals surface area contributed by atoms with Crippen molar-refractivity contribution in [3.8, 4) is 44.5 Å². The molecule has 0 unspecified atom stereocenters. The van der Waals surface area contributed by atoms with E-state index < -0.39 is 0 Å². The van der Waals surface area contributed by atoms with Crippen LogP contribution < -0.4 is 24.8 Å². The van der Waals surface area contributed by atoms with Crippen LogP contribution in [0.1, 0.15) is 75.3 Å². The van der Waals surface area contributed by atoms with Crippen molar-refractivity contribution in [3.05, 3.63) is 181 Å². The Hall–Kier alpha value is -3.78. The number of hydrogen-bond donors (Lipinski definition) is 0. The van der Waals surface area contributed by atoms with Gasteiger partial charge in [0.05, 0.1) is 0 Å². The number of hydrogen-bond acceptors (Lipinski definition) is 0. The molecule has 4 heteroatoms. The molecule has 8 aromatic rings. The minimum Gasteiger partial charge on any atom is -1.00 e. The molecule has 0 atom stereocenters. The zero-order valence-corrected chi connectivity index (χ0v) is 41.5. The first kappa shape index (κ1) is 47.7. The first-order chi connectivity index (χ1) is 29.5. The average Bonchev–Trinajstić information content (AvgIpc) is 3.92. The first-order valence-electron chi connectivity index (χ1n) is 22.7. The maximum Gasteiger partial charge on any atom is -0.0279 e. The van der Waals surface area contributed by atoms with E-state index in [1.807, 2.05) is 0 Å². The molecule has 2 saturated carbocycles. The molecular weight excluding hydrogens is 887 g/mol. The normalized spacial score (nSPS) is 14.1. The Balaban J connectivity index is 0.000000185. The summed E-state index contributed by atoms with van der Waals surface area (Å²) in [5, 5.41) is 5.61. The van der Waals surface area contributed by atoms with Crippen molar-refractivity contribution in [3.63, 3.8) is 0 Å². The quantitative estimate of drug-likeness (QED) is 0.105. The van der Waals surface area contributed by atoms with Crippen LogP contribution in [-0.4, -0.2) is 5.43 Å². The molecule has 0 radical (unpaired) electrons. The molecular formula is C58H60Cl2SiZr-2. The van der Waals surface area contributed by atoms with Crippen molar-refractivity contribution in [2.24, 2.45) is 11.8 Å². The van der Waals surface area contributed by atoms with E-state index in [2.05, 4.69) is 183 Å². The summed E-state index contributed by atoms with van der Waals surface area (Å²) < 4.78 is 0. The van der Waals surface area contributed by atoms with Crippen LogP contribution in [0.2, 0.25) is 13.1 Å². The summed E-state index contributed by atoms with van der Waals surface area (Å²) in [5.41, 5.74) is 13.9. The van der Waals surface area contributed by atoms with Crippen molar-refractivity contribution in [1.29, 1.82) is 0 Å². The van der Waals surface area contributed by atoms with Gasteiger partial charge in [-0.15, -0.1) is 44.8 Å². The molecule has 0 heterocycles. The Morgan fingerprint density at radius 2 is 0.694 bits per heavy atom. The number of halogens is 2. The summed E-state index contributed by atoms with van der Waals surface area (Å²) in [6, 6.07) is 62.4. The third-order valence-corrected chi connectivity index (χ3v) is 12.7. The van der Waals surface area contributed by atoms with E-state index in [1.165, 1.54) is 154 Å². The Kier molecular flexibility index (Phi) is 18.3. The summed E-state index contributed by atoms with van der Waals surface area (Å²) >= 11 is 1.74. The van der Waals surface area contributed by atoms with Gasteiger partial charge in [-0.3, -0.25) is 0 Å². The van der Waals surface area contributed by atoms with Gasteiger partial charge in [-0.05, 0) is 35.8 Å². The molecule has 62 heavy (non-hydrogen) atoms. The molecule has 2 aliphatic carbocycles. The summed E-state index contributed by atoms with van der Waals surface area (Å²) in [5.74, 6) is 1.73. The van der Waals surface area contributed by atoms with Gasteiger partial charge >= 0.3 is 41.9 Å². The minimum absolute atomic E-state index is 0. The number of rotatable bonds is 8. The van der Waals surface area contributed by atoms with E-state index in [-0.39, 0.29) is 30.2 Å². The van der Waals surface area contributed by atoms with Crippen molar-refractivity contribution in [1.82, 2.24) is 0 Å². The predicted molar refractivity (Wildman–Crippen MR) is 259 cm³/mol. The summed E-state index contributed by atoms with van der Waals surface area (Å²) in [4.78, 5) is 0. The Morgan fingerprint density at radius 1 is 0.419 bits per heavy atom. The van der Waals surface area contributed by atoms with E-state index in [4.69, 9.17) is 0 Å². The number of benzene rings is 6. The van der Waals surface area contributed by atoms with Gasteiger partial charge in [-0.1, -0.05) is 243 Å². The standard InChI is InChI=1S/2C28H27.C2H6Si.2ClH.Zr/c2*1-4-10-21(11-5-1)18-22-19-27-25(23-12-6-2-7-13-23)16-17-26(28(27)20-22)24-14-8-3-9-15-24;1-3-2;;;/h2*2-3,6-9,12-17,19-21H,1,4-5,10-11,18H2;1-2H3;2*1H;/q2*-1;;;;+2/p-2. The molecule has 2 aliphatic rings. The van der Waals surface area contributed by atoms with E-state index in [0.29, 0.717) is 0 Å². The van der Waals surface area contributed by atoms with Gasteiger partial charge in [0.1, 0.15) is 0 Å². The van der Waals surface area contributed by atoms with Crippen LogP contribution in [-0.2, 0) is 36.2 Å². The van der Waals surface area contributed by atoms with Crippen molar-refractivity contribution >= 4 is 27.0 Å². The Bertz CT molecular complexity index is 2250. The topological polar surface area (TPSA) is 0 Å². The van der Waals surface area contributed by atoms with Crippen molar-refractivity contribution in [2.75, 3.05) is 0 Å². The molecule has 0 N–H and O–H groups in total. The molecule has 10 rings (SSSR count). The zero-order chi connectivity index (χ0) is 41.1. The molecule has 0 nitrogen and oxygen atoms in total. The molecule has 0 spiro atoms. The van der Waals surface area contributed by atoms with Gasteiger partial charge in [-0.2, -0.15) is 12.1 Å². The average molecular weight is 947 g/mol. The van der Waals surface area contributed by atoms with E-state index in [0.717, 1.165) is 11.8 Å². The van der Waals surface area contributed by atoms with Crippen molar-refractivity contribution in [2.45, 2.75) is 90.1 Å². The molecule has 0 aliphatic heterocycles. The van der Waals surface area contributed by atoms with Gasteiger partial charge < -0.3 is 24.8 Å². The molecule has 0 bridgehead atoms. The fourth-order valence-electron chi connectivity index (χ4n) is 9.88. The Morgan fingerprint density at radius 3 is 1.00 bits per heavy atom. The Labute approximate surface area is 399 Å². The first-order valence-corrected chi connectivity index (χ1v) is 28.9. The summed E-state index contributed by atoms with van der Waals surface area (Å²) in [6.45, 7) is 4.62. The van der Waals surface area contributed by atoms with E-state index in [1.54, 1.807) is 23.3 Å². The second-order valence-electron chi connectivity index (χ2n) is 17.6. The van der Waals surface area contributed by atoms with Gasteiger partial charge in [0.25, 0.3) is 0 Å². The fourth-order valence-corrected chi connectivity index (χ4v) is 9.88. The van der Waals surface area contributed by atoms with Gasteiger partial charge in [0, 0.05) is 0 Å². The van der Waals surface area contributed by atoms with Crippen LogP contribution in [0.5, 0.6) is 0 Å². The predicted octanol–water partition coefficient (Wildman–Crippen LogP) is 10.8. The second-order valence-corrected chi connectivity index (χ2v) is 27.0.